The molecule has 0 bridgehead atoms. The summed E-state index contributed by atoms with van der Waals surface area (Å²) >= 11 is 3.57. The van der Waals surface area contributed by atoms with Crippen LogP contribution >= 0.6 is 15.9 Å². The molecule has 0 spiro atoms. The predicted molar refractivity (Wildman–Crippen MR) is 70.0 cm³/mol. The number of nitrogens with zero attached hydrogens (tertiary/aromatic N) is 2. The van der Waals surface area contributed by atoms with Crippen molar-refractivity contribution >= 4 is 15.9 Å². The zero-order valence-corrected chi connectivity index (χ0v) is 11.8. The molecule has 0 saturated heterocycles. The molecule has 5 heteroatoms. The SMILES string of the molecule is CCCCC(Cc1c(Br)c(C)nn1C)NN. The second-order valence-corrected chi connectivity index (χ2v) is 4.97. The van der Waals surface area contributed by atoms with Crippen molar-refractivity contribution in [1.82, 2.24) is 15.2 Å². The molecule has 16 heavy (non-hydrogen) atoms. The molecule has 0 fully saturated rings. The lowest BCUT2D eigenvalue weighted by atomic mass is 10.1. The van der Waals surface area contributed by atoms with E-state index in [1.165, 1.54) is 18.5 Å². The van der Waals surface area contributed by atoms with E-state index in [2.05, 4.69) is 33.4 Å². The van der Waals surface area contributed by atoms with Crippen molar-refractivity contribution in [2.24, 2.45) is 12.9 Å². The Bertz CT molecular complexity index is 335. The molecule has 0 saturated carbocycles. The number of nitrogens with one attached hydrogen (secondary N) is 1. The van der Waals surface area contributed by atoms with Crippen LogP contribution < -0.4 is 11.3 Å². The molecule has 0 aliphatic heterocycles. The Morgan fingerprint density at radius 3 is 2.69 bits per heavy atom. The third kappa shape index (κ3) is 3.30. The second kappa shape index (κ2) is 6.37. The van der Waals surface area contributed by atoms with Gasteiger partial charge in [0.25, 0.3) is 0 Å². The van der Waals surface area contributed by atoms with Crippen molar-refractivity contribution in [1.29, 1.82) is 0 Å². The number of hydrazine groups is 1. The zero-order chi connectivity index (χ0) is 12.1. The molecule has 0 radical (unpaired) electrons. The van der Waals surface area contributed by atoms with Gasteiger partial charge in [-0.3, -0.25) is 16.0 Å². The fourth-order valence-electron chi connectivity index (χ4n) is 1.83. The Morgan fingerprint density at radius 1 is 1.56 bits per heavy atom. The van der Waals surface area contributed by atoms with Crippen LogP contribution in [0.5, 0.6) is 0 Å². The molecular formula is C11H21BrN4. The fraction of sp³-hybridized carbons (Fsp3) is 0.727. The number of aryl methyl sites for hydroxylation is 2. The molecule has 1 aromatic heterocycles. The highest BCUT2D eigenvalue weighted by Gasteiger charge is 2.15. The fourth-order valence-corrected chi connectivity index (χ4v) is 2.33. The summed E-state index contributed by atoms with van der Waals surface area (Å²) in [7, 11) is 1.97. The molecule has 3 N–H and O–H groups in total. The maximum atomic E-state index is 5.57. The van der Waals surface area contributed by atoms with Crippen LogP contribution in [-0.2, 0) is 13.5 Å². The first kappa shape index (κ1) is 13.7. The van der Waals surface area contributed by atoms with E-state index < -0.39 is 0 Å². The van der Waals surface area contributed by atoms with E-state index in [1.54, 1.807) is 0 Å². The largest absolute Gasteiger partial charge is 0.271 e. The number of hydrogen-bond acceptors (Lipinski definition) is 3. The number of unbranched alkanes of at least 4 members (excludes halogenated alkanes) is 1. The zero-order valence-electron chi connectivity index (χ0n) is 10.3. The minimum absolute atomic E-state index is 0.325. The molecule has 0 aromatic carbocycles. The van der Waals surface area contributed by atoms with Crippen LogP contribution in [0, 0.1) is 6.92 Å². The molecule has 1 heterocycles. The molecule has 92 valence electrons. The van der Waals surface area contributed by atoms with Crippen LogP contribution in [0.1, 0.15) is 37.6 Å². The molecule has 1 atom stereocenters. The lowest BCUT2D eigenvalue weighted by Gasteiger charge is -2.15. The number of halogens is 1. The van der Waals surface area contributed by atoms with Gasteiger partial charge in [0.1, 0.15) is 0 Å². The number of hydrogen-bond donors (Lipinski definition) is 2. The quantitative estimate of drug-likeness (QED) is 0.622. The minimum atomic E-state index is 0.325. The van der Waals surface area contributed by atoms with Gasteiger partial charge in [0, 0.05) is 19.5 Å². The molecule has 4 nitrogen and oxygen atoms in total. The highest BCUT2D eigenvalue weighted by molar-refractivity contribution is 9.10. The molecule has 1 rings (SSSR count). The van der Waals surface area contributed by atoms with Crippen LogP contribution in [0.15, 0.2) is 4.47 Å². The maximum absolute atomic E-state index is 5.57. The van der Waals surface area contributed by atoms with E-state index in [0.717, 1.165) is 23.0 Å². The number of nitrogens with two attached hydrogens (primary N) is 1. The smallest absolute Gasteiger partial charge is 0.0738 e. The molecule has 1 aromatic rings. The summed E-state index contributed by atoms with van der Waals surface area (Å²) in [4.78, 5) is 0. The monoisotopic (exact) mass is 288 g/mol. The summed E-state index contributed by atoms with van der Waals surface area (Å²) in [5.41, 5.74) is 5.12. The highest BCUT2D eigenvalue weighted by Crippen LogP contribution is 2.22. The lowest BCUT2D eigenvalue weighted by molar-refractivity contribution is 0.461. The van der Waals surface area contributed by atoms with E-state index >= 15 is 0 Å². The topological polar surface area (TPSA) is 55.9 Å². The standard InChI is InChI=1S/C11H21BrN4/c1-4-5-6-9(14-13)7-10-11(12)8(2)15-16(10)3/h9,14H,4-7,13H2,1-3H3. The van der Waals surface area contributed by atoms with E-state index in [0.29, 0.717) is 6.04 Å². The van der Waals surface area contributed by atoms with Gasteiger partial charge in [-0.2, -0.15) is 5.10 Å². The molecule has 0 aliphatic rings. The minimum Gasteiger partial charge on any atom is -0.271 e. The third-order valence-corrected chi connectivity index (χ3v) is 3.87. The first-order valence-electron chi connectivity index (χ1n) is 5.74. The van der Waals surface area contributed by atoms with Gasteiger partial charge in [0.05, 0.1) is 15.9 Å². The van der Waals surface area contributed by atoms with E-state index in [-0.39, 0.29) is 0 Å². The molecule has 0 aliphatic carbocycles. The van der Waals surface area contributed by atoms with Gasteiger partial charge >= 0.3 is 0 Å². The first-order chi connectivity index (χ1) is 7.60. The Morgan fingerprint density at radius 2 is 2.25 bits per heavy atom. The van der Waals surface area contributed by atoms with Crippen molar-refractivity contribution in [2.75, 3.05) is 0 Å². The Kier molecular flexibility index (Phi) is 5.44. The molecule has 1 unspecified atom stereocenters. The van der Waals surface area contributed by atoms with E-state index in [4.69, 9.17) is 5.84 Å². The van der Waals surface area contributed by atoms with Crippen molar-refractivity contribution in [3.63, 3.8) is 0 Å². The summed E-state index contributed by atoms with van der Waals surface area (Å²) in [6.45, 7) is 4.20. The summed E-state index contributed by atoms with van der Waals surface area (Å²) in [5.74, 6) is 5.57. The highest BCUT2D eigenvalue weighted by atomic mass is 79.9. The summed E-state index contributed by atoms with van der Waals surface area (Å²) in [5, 5.41) is 4.38. The third-order valence-electron chi connectivity index (χ3n) is 2.84. The van der Waals surface area contributed by atoms with Crippen molar-refractivity contribution < 1.29 is 0 Å². The summed E-state index contributed by atoms with van der Waals surface area (Å²) in [6, 6.07) is 0.325. The van der Waals surface area contributed by atoms with Crippen LogP contribution in [0.4, 0.5) is 0 Å². The summed E-state index contributed by atoms with van der Waals surface area (Å²) < 4.78 is 3.03. The molecular weight excluding hydrogens is 268 g/mol. The van der Waals surface area contributed by atoms with E-state index in [1.807, 2.05) is 18.7 Å². The second-order valence-electron chi connectivity index (χ2n) is 4.18. The first-order valence-corrected chi connectivity index (χ1v) is 6.53. The predicted octanol–water partition coefficient (Wildman–Crippen LogP) is 2.06. The van der Waals surface area contributed by atoms with Gasteiger partial charge in [0.2, 0.25) is 0 Å². The van der Waals surface area contributed by atoms with Gasteiger partial charge < -0.3 is 0 Å². The normalized spacial score (nSPS) is 13.1. The Labute approximate surface area is 106 Å². The Balaban J connectivity index is 2.69. The number of aromatic nitrogens is 2. The van der Waals surface area contributed by atoms with Crippen LogP contribution in [-0.4, -0.2) is 15.8 Å². The van der Waals surface area contributed by atoms with Gasteiger partial charge in [-0.1, -0.05) is 19.8 Å². The van der Waals surface area contributed by atoms with Crippen molar-refractivity contribution in [3.05, 3.63) is 15.9 Å². The van der Waals surface area contributed by atoms with E-state index in [9.17, 15) is 0 Å². The lowest BCUT2D eigenvalue weighted by Crippen LogP contribution is -2.37. The van der Waals surface area contributed by atoms with Crippen LogP contribution in [0.25, 0.3) is 0 Å². The van der Waals surface area contributed by atoms with Gasteiger partial charge in [-0.15, -0.1) is 0 Å². The Hall–Kier alpha value is -0.390. The van der Waals surface area contributed by atoms with Gasteiger partial charge in [-0.05, 0) is 29.3 Å². The van der Waals surface area contributed by atoms with Crippen molar-refractivity contribution in [2.45, 2.75) is 45.6 Å². The summed E-state index contributed by atoms with van der Waals surface area (Å²) in [6.07, 6.45) is 4.41. The molecule has 0 amide bonds. The average Bonchev–Trinajstić information content (AvgIpc) is 2.50. The van der Waals surface area contributed by atoms with Crippen LogP contribution in [0.2, 0.25) is 0 Å². The number of rotatable bonds is 6. The van der Waals surface area contributed by atoms with Gasteiger partial charge in [0.15, 0.2) is 0 Å². The average molecular weight is 289 g/mol. The van der Waals surface area contributed by atoms with Gasteiger partial charge in [-0.25, -0.2) is 0 Å². The van der Waals surface area contributed by atoms with Crippen molar-refractivity contribution in [3.8, 4) is 0 Å². The van der Waals surface area contributed by atoms with Crippen LogP contribution in [0.3, 0.4) is 0 Å². The maximum Gasteiger partial charge on any atom is 0.0738 e.